The van der Waals surface area contributed by atoms with Gasteiger partial charge in [-0.25, -0.2) is 4.39 Å². The van der Waals surface area contributed by atoms with E-state index in [-0.39, 0.29) is 5.82 Å². The van der Waals surface area contributed by atoms with Gasteiger partial charge < -0.3 is 9.36 Å². The van der Waals surface area contributed by atoms with Crippen LogP contribution in [-0.4, -0.2) is 10.9 Å². The highest BCUT2D eigenvalue weighted by Gasteiger charge is 2.08. The Kier molecular flexibility index (Phi) is 2.08. The minimum absolute atomic E-state index is 0.248. The lowest BCUT2D eigenvalue weighted by Crippen LogP contribution is -1.86. The third-order valence-corrected chi connectivity index (χ3v) is 2.34. The standard InChI is InChI=1S/C11H10FNO/c1-13-7-8(5-6-14)9-3-2-4-10(12)11(9)13/h2-4,6-7H,5H2,1H3. The number of para-hydroxylation sites is 1. The van der Waals surface area contributed by atoms with Gasteiger partial charge in [0.25, 0.3) is 0 Å². The van der Waals surface area contributed by atoms with E-state index in [1.165, 1.54) is 6.07 Å². The zero-order valence-electron chi connectivity index (χ0n) is 7.83. The first-order valence-corrected chi connectivity index (χ1v) is 4.40. The molecule has 0 N–H and O–H groups in total. The van der Waals surface area contributed by atoms with Gasteiger partial charge in [-0.15, -0.1) is 0 Å². The lowest BCUT2D eigenvalue weighted by atomic mass is 10.1. The van der Waals surface area contributed by atoms with Crippen molar-refractivity contribution in [2.45, 2.75) is 6.42 Å². The van der Waals surface area contributed by atoms with Crippen LogP contribution in [0.5, 0.6) is 0 Å². The van der Waals surface area contributed by atoms with Crippen LogP contribution in [0.4, 0.5) is 4.39 Å². The van der Waals surface area contributed by atoms with Crippen LogP contribution in [0.3, 0.4) is 0 Å². The molecule has 1 aromatic heterocycles. The monoisotopic (exact) mass is 191 g/mol. The molecule has 2 rings (SSSR count). The Hall–Kier alpha value is -1.64. The summed E-state index contributed by atoms with van der Waals surface area (Å²) < 4.78 is 15.1. The number of carbonyl (C=O) groups excluding carboxylic acids is 1. The number of aldehydes is 1. The Morgan fingerprint density at radius 2 is 2.29 bits per heavy atom. The molecule has 0 aliphatic heterocycles. The van der Waals surface area contributed by atoms with Gasteiger partial charge in [-0.1, -0.05) is 12.1 Å². The Bertz CT molecular complexity index is 487. The average Bonchev–Trinajstić information content (AvgIpc) is 2.46. The SMILES string of the molecule is Cn1cc(CC=O)c2cccc(F)c21. The number of halogens is 1. The van der Waals surface area contributed by atoms with Crippen molar-refractivity contribution in [2.75, 3.05) is 0 Å². The maximum atomic E-state index is 13.4. The van der Waals surface area contributed by atoms with E-state index in [2.05, 4.69) is 0 Å². The summed E-state index contributed by atoms with van der Waals surface area (Å²) in [5, 5.41) is 0.819. The number of hydrogen-bond acceptors (Lipinski definition) is 1. The second-order valence-electron chi connectivity index (χ2n) is 3.27. The molecule has 0 amide bonds. The van der Waals surface area contributed by atoms with Gasteiger partial charge in [0.2, 0.25) is 0 Å². The number of carbonyl (C=O) groups is 1. The van der Waals surface area contributed by atoms with Crippen LogP contribution in [0.2, 0.25) is 0 Å². The fourth-order valence-electron chi connectivity index (χ4n) is 1.75. The maximum Gasteiger partial charge on any atom is 0.147 e. The smallest absolute Gasteiger partial charge is 0.147 e. The Morgan fingerprint density at radius 1 is 1.50 bits per heavy atom. The van der Waals surface area contributed by atoms with Crippen LogP contribution in [0, 0.1) is 5.82 Å². The van der Waals surface area contributed by atoms with Gasteiger partial charge in [0, 0.05) is 25.1 Å². The van der Waals surface area contributed by atoms with Crippen molar-refractivity contribution in [2.24, 2.45) is 7.05 Å². The third-order valence-electron chi connectivity index (χ3n) is 2.34. The molecule has 0 saturated carbocycles. The molecule has 0 atom stereocenters. The molecule has 2 nitrogen and oxygen atoms in total. The summed E-state index contributed by atoms with van der Waals surface area (Å²) in [5.41, 5.74) is 1.43. The van der Waals surface area contributed by atoms with Gasteiger partial charge in [-0.05, 0) is 11.6 Å². The molecule has 0 radical (unpaired) electrons. The number of nitrogens with zero attached hydrogens (tertiary/aromatic N) is 1. The molecule has 0 aliphatic rings. The lowest BCUT2D eigenvalue weighted by molar-refractivity contribution is -0.107. The average molecular weight is 191 g/mol. The topological polar surface area (TPSA) is 22.0 Å². The van der Waals surface area contributed by atoms with Crippen molar-refractivity contribution in [1.29, 1.82) is 0 Å². The minimum Gasteiger partial charge on any atom is -0.348 e. The molecule has 0 bridgehead atoms. The van der Waals surface area contributed by atoms with Crippen molar-refractivity contribution < 1.29 is 9.18 Å². The van der Waals surface area contributed by atoms with Crippen molar-refractivity contribution in [3.05, 3.63) is 35.8 Å². The van der Waals surface area contributed by atoms with E-state index >= 15 is 0 Å². The fourth-order valence-corrected chi connectivity index (χ4v) is 1.75. The van der Waals surface area contributed by atoms with Crippen molar-refractivity contribution in [1.82, 2.24) is 4.57 Å². The van der Waals surface area contributed by atoms with Crippen molar-refractivity contribution in [3.63, 3.8) is 0 Å². The molecule has 3 heteroatoms. The van der Waals surface area contributed by atoms with Gasteiger partial charge >= 0.3 is 0 Å². The van der Waals surface area contributed by atoms with Crippen LogP contribution in [0.1, 0.15) is 5.56 Å². The summed E-state index contributed by atoms with van der Waals surface area (Å²) in [5.74, 6) is -0.248. The first-order valence-electron chi connectivity index (χ1n) is 4.40. The second-order valence-corrected chi connectivity index (χ2v) is 3.27. The minimum atomic E-state index is -0.248. The normalized spacial score (nSPS) is 10.7. The van der Waals surface area contributed by atoms with E-state index in [9.17, 15) is 9.18 Å². The molecule has 0 fully saturated rings. The summed E-state index contributed by atoms with van der Waals surface area (Å²) in [6.07, 6.45) is 2.96. The van der Waals surface area contributed by atoms with E-state index in [4.69, 9.17) is 0 Å². The quantitative estimate of drug-likeness (QED) is 0.666. The molecule has 0 saturated heterocycles. The molecule has 0 aliphatic carbocycles. The molecular formula is C11H10FNO. The summed E-state index contributed by atoms with van der Waals surface area (Å²) >= 11 is 0. The zero-order chi connectivity index (χ0) is 10.1. The van der Waals surface area contributed by atoms with Crippen molar-refractivity contribution in [3.8, 4) is 0 Å². The number of benzene rings is 1. The molecular weight excluding hydrogens is 181 g/mol. The van der Waals surface area contributed by atoms with E-state index in [0.29, 0.717) is 11.9 Å². The zero-order valence-corrected chi connectivity index (χ0v) is 7.83. The predicted octanol–water partition coefficient (Wildman–Crippen LogP) is 2.06. The fraction of sp³-hybridized carbons (Fsp3) is 0.182. The highest BCUT2D eigenvalue weighted by molar-refractivity contribution is 5.86. The molecule has 1 aromatic carbocycles. The Morgan fingerprint density at radius 3 is 3.00 bits per heavy atom. The van der Waals surface area contributed by atoms with Crippen LogP contribution in [-0.2, 0) is 18.3 Å². The number of fused-ring (bicyclic) bond motifs is 1. The summed E-state index contributed by atoms with van der Waals surface area (Å²) in [7, 11) is 1.78. The highest BCUT2D eigenvalue weighted by atomic mass is 19.1. The summed E-state index contributed by atoms with van der Waals surface area (Å²) in [6.45, 7) is 0. The van der Waals surface area contributed by atoms with Crippen LogP contribution < -0.4 is 0 Å². The van der Waals surface area contributed by atoms with E-state index < -0.39 is 0 Å². The van der Waals surface area contributed by atoms with E-state index in [1.807, 2.05) is 6.07 Å². The van der Waals surface area contributed by atoms with Crippen LogP contribution in [0.25, 0.3) is 10.9 Å². The largest absolute Gasteiger partial charge is 0.348 e. The van der Waals surface area contributed by atoms with E-state index in [0.717, 1.165) is 17.2 Å². The van der Waals surface area contributed by atoms with Crippen LogP contribution >= 0.6 is 0 Å². The summed E-state index contributed by atoms with van der Waals surface area (Å²) in [6, 6.07) is 4.91. The van der Waals surface area contributed by atoms with Gasteiger partial charge in [-0.3, -0.25) is 0 Å². The molecule has 72 valence electrons. The third kappa shape index (κ3) is 1.21. The first-order chi connectivity index (χ1) is 6.74. The van der Waals surface area contributed by atoms with E-state index in [1.54, 1.807) is 23.9 Å². The van der Waals surface area contributed by atoms with Gasteiger partial charge in [0.15, 0.2) is 0 Å². The molecule has 0 unspecified atom stereocenters. The molecule has 2 aromatic rings. The van der Waals surface area contributed by atoms with Gasteiger partial charge in [-0.2, -0.15) is 0 Å². The number of hydrogen-bond donors (Lipinski definition) is 0. The Labute approximate surface area is 81.0 Å². The Balaban J connectivity index is 2.77. The predicted molar refractivity (Wildman–Crippen MR) is 52.6 cm³/mol. The van der Waals surface area contributed by atoms with Crippen LogP contribution in [0.15, 0.2) is 24.4 Å². The number of aromatic nitrogens is 1. The summed E-state index contributed by atoms with van der Waals surface area (Å²) in [4.78, 5) is 10.4. The second kappa shape index (κ2) is 3.25. The van der Waals surface area contributed by atoms with Gasteiger partial charge in [0.05, 0.1) is 5.52 Å². The number of aryl methyl sites for hydroxylation is 1. The molecule has 0 spiro atoms. The lowest BCUT2D eigenvalue weighted by Gasteiger charge is -1.96. The highest BCUT2D eigenvalue weighted by Crippen LogP contribution is 2.22. The molecule has 14 heavy (non-hydrogen) atoms. The van der Waals surface area contributed by atoms with Gasteiger partial charge in [0.1, 0.15) is 12.1 Å². The number of rotatable bonds is 2. The van der Waals surface area contributed by atoms with Crippen molar-refractivity contribution >= 4 is 17.2 Å². The first kappa shape index (κ1) is 8.94. The molecule has 1 heterocycles. The maximum absolute atomic E-state index is 13.4.